The van der Waals surface area contributed by atoms with Gasteiger partial charge in [0.25, 0.3) is 0 Å². The fourth-order valence-corrected chi connectivity index (χ4v) is 5.12. The fourth-order valence-electron chi connectivity index (χ4n) is 3.68. The average molecular weight is 459 g/mol. The molecular weight excluding hydrogens is 428 g/mol. The Morgan fingerprint density at radius 1 is 1.16 bits per heavy atom. The van der Waals surface area contributed by atoms with Gasteiger partial charge in [-0.2, -0.15) is 4.31 Å². The molecule has 2 N–H and O–H groups in total. The number of hydrogen-bond donors (Lipinski definition) is 2. The lowest BCUT2D eigenvalue weighted by atomic mass is 9.97. The molecule has 0 radical (unpaired) electrons. The van der Waals surface area contributed by atoms with E-state index < -0.39 is 10.0 Å². The molecule has 0 bridgehead atoms. The number of rotatable bonds is 8. The molecule has 3 rings (SSSR count). The Balaban J connectivity index is 1.49. The molecular formula is C23H30N4O4S. The minimum Gasteiger partial charge on any atom is -0.352 e. The van der Waals surface area contributed by atoms with Crippen molar-refractivity contribution in [2.75, 3.05) is 18.4 Å². The monoisotopic (exact) mass is 458 g/mol. The molecule has 1 aliphatic rings. The molecule has 2 amide bonds. The van der Waals surface area contributed by atoms with Gasteiger partial charge >= 0.3 is 0 Å². The van der Waals surface area contributed by atoms with E-state index in [1.165, 1.54) is 22.8 Å². The summed E-state index contributed by atoms with van der Waals surface area (Å²) in [4.78, 5) is 28.6. The minimum atomic E-state index is -3.58. The van der Waals surface area contributed by atoms with Gasteiger partial charge in [-0.05, 0) is 48.6 Å². The summed E-state index contributed by atoms with van der Waals surface area (Å²) < 4.78 is 26.8. The van der Waals surface area contributed by atoms with Crippen LogP contribution in [0.4, 0.5) is 5.69 Å². The van der Waals surface area contributed by atoms with E-state index in [-0.39, 0.29) is 28.5 Å². The number of nitrogens with one attached hydrogen (secondary N) is 2. The Hall–Kier alpha value is -2.78. The lowest BCUT2D eigenvalue weighted by Crippen LogP contribution is -2.42. The van der Waals surface area contributed by atoms with Crippen LogP contribution in [0.15, 0.2) is 53.7 Å². The third-order valence-electron chi connectivity index (χ3n) is 5.37. The molecule has 1 fully saturated rings. The van der Waals surface area contributed by atoms with E-state index in [0.717, 1.165) is 5.56 Å². The Morgan fingerprint density at radius 3 is 2.56 bits per heavy atom. The number of benzene rings is 1. The second kappa shape index (κ2) is 10.7. The predicted molar refractivity (Wildman–Crippen MR) is 122 cm³/mol. The topological polar surface area (TPSA) is 108 Å². The first-order valence-corrected chi connectivity index (χ1v) is 12.3. The Bertz CT molecular complexity index is 1030. The molecule has 1 aromatic heterocycles. The van der Waals surface area contributed by atoms with Crippen molar-refractivity contribution in [2.45, 2.75) is 44.6 Å². The van der Waals surface area contributed by atoms with Crippen LogP contribution in [-0.2, 0) is 26.2 Å². The first-order valence-electron chi connectivity index (χ1n) is 10.8. The van der Waals surface area contributed by atoms with Gasteiger partial charge in [-0.1, -0.05) is 26.0 Å². The van der Waals surface area contributed by atoms with E-state index in [4.69, 9.17) is 0 Å². The molecule has 0 aliphatic carbocycles. The molecule has 8 nitrogen and oxygen atoms in total. The number of aromatic nitrogens is 1. The zero-order chi connectivity index (χ0) is 23.1. The number of pyridine rings is 1. The third kappa shape index (κ3) is 6.37. The third-order valence-corrected chi connectivity index (χ3v) is 7.25. The van der Waals surface area contributed by atoms with Gasteiger partial charge in [0, 0.05) is 50.1 Å². The maximum Gasteiger partial charge on any atom is 0.244 e. The van der Waals surface area contributed by atoms with Crippen molar-refractivity contribution in [2.24, 2.45) is 11.8 Å². The van der Waals surface area contributed by atoms with Gasteiger partial charge in [0.2, 0.25) is 21.8 Å². The predicted octanol–water partition coefficient (Wildman–Crippen LogP) is 2.78. The van der Waals surface area contributed by atoms with Crippen molar-refractivity contribution >= 4 is 27.5 Å². The lowest BCUT2D eigenvalue weighted by molar-refractivity contribution is -0.126. The van der Waals surface area contributed by atoms with E-state index >= 15 is 0 Å². The van der Waals surface area contributed by atoms with E-state index in [1.807, 2.05) is 38.1 Å². The van der Waals surface area contributed by atoms with Gasteiger partial charge in [-0.15, -0.1) is 0 Å². The van der Waals surface area contributed by atoms with Crippen molar-refractivity contribution in [3.05, 3.63) is 54.4 Å². The zero-order valence-electron chi connectivity index (χ0n) is 18.5. The number of amides is 2. The number of anilines is 1. The molecule has 1 aromatic carbocycles. The molecule has 1 saturated heterocycles. The van der Waals surface area contributed by atoms with Crippen LogP contribution in [0.2, 0.25) is 0 Å². The van der Waals surface area contributed by atoms with Crippen LogP contribution in [-0.4, -0.2) is 42.6 Å². The van der Waals surface area contributed by atoms with Gasteiger partial charge in [0.15, 0.2) is 0 Å². The van der Waals surface area contributed by atoms with Crippen LogP contribution >= 0.6 is 0 Å². The van der Waals surface area contributed by atoms with Crippen LogP contribution < -0.4 is 10.6 Å². The number of piperidine rings is 1. The highest BCUT2D eigenvalue weighted by Gasteiger charge is 2.32. The molecule has 2 aromatic rings. The normalized spacial score (nSPS) is 15.5. The summed E-state index contributed by atoms with van der Waals surface area (Å²) in [6.45, 7) is 4.93. The van der Waals surface area contributed by atoms with Crippen molar-refractivity contribution in [3.8, 4) is 0 Å². The Kier molecular flexibility index (Phi) is 7.98. The van der Waals surface area contributed by atoms with Crippen LogP contribution in [0.25, 0.3) is 0 Å². The summed E-state index contributed by atoms with van der Waals surface area (Å²) in [5.74, 6) is -0.0700. The van der Waals surface area contributed by atoms with E-state index in [0.29, 0.717) is 44.6 Å². The second-order valence-electron chi connectivity index (χ2n) is 8.43. The molecule has 1 aliphatic heterocycles. The van der Waals surface area contributed by atoms with Crippen molar-refractivity contribution in [3.63, 3.8) is 0 Å². The molecule has 32 heavy (non-hydrogen) atoms. The number of sulfonamides is 1. The SMILES string of the molecule is CC(C)CC(=O)Nc1cccc(CNC(=O)C2CCN(S(=O)(=O)c3cccnc3)CC2)c1. The summed E-state index contributed by atoms with van der Waals surface area (Å²) >= 11 is 0. The average Bonchev–Trinajstić information content (AvgIpc) is 2.78. The molecule has 9 heteroatoms. The number of carbonyl (C=O) groups excluding carboxylic acids is 2. The first-order chi connectivity index (χ1) is 15.3. The van der Waals surface area contributed by atoms with Gasteiger partial charge in [-0.3, -0.25) is 14.6 Å². The number of carbonyl (C=O) groups is 2. The summed E-state index contributed by atoms with van der Waals surface area (Å²) in [6.07, 6.45) is 4.27. The summed E-state index contributed by atoms with van der Waals surface area (Å²) in [7, 11) is -3.58. The summed E-state index contributed by atoms with van der Waals surface area (Å²) in [5, 5.41) is 5.82. The van der Waals surface area contributed by atoms with E-state index in [2.05, 4.69) is 15.6 Å². The quantitative estimate of drug-likeness (QED) is 0.632. The largest absolute Gasteiger partial charge is 0.352 e. The highest BCUT2D eigenvalue weighted by Crippen LogP contribution is 2.23. The molecule has 0 saturated carbocycles. The van der Waals surface area contributed by atoms with Gasteiger partial charge < -0.3 is 10.6 Å². The molecule has 2 heterocycles. The highest BCUT2D eigenvalue weighted by molar-refractivity contribution is 7.89. The summed E-state index contributed by atoms with van der Waals surface area (Å²) in [5.41, 5.74) is 1.59. The van der Waals surface area contributed by atoms with Crippen molar-refractivity contribution in [1.29, 1.82) is 0 Å². The standard InChI is InChI=1S/C23H30N4O4S/c1-17(2)13-22(28)26-20-6-3-5-18(14-20)15-25-23(29)19-8-11-27(12-9-19)32(30,31)21-7-4-10-24-16-21/h3-7,10,14,16-17,19H,8-9,11-13,15H2,1-2H3,(H,25,29)(H,26,28). The second-order valence-corrected chi connectivity index (χ2v) is 10.4. The molecule has 0 atom stereocenters. The van der Waals surface area contributed by atoms with Crippen molar-refractivity contribution in [1.82, 2.24) is 14.6 Å². The smallest absolute Gasteiger partial charge is 0.244 e. The van der Waals surface area contributed by atoms with Crippen LogP contribution in [0.5, 0.6) is 0 Å². The van der Waals surface area contributed by atoms with Crippen molar-refractivity contribution < 1.29 is 18.0 Å². The van der Waals surface area contributed by atoms with Crippen LogP contribution in [0.3, 0.4) is 0 Å². The first kappa shape index (κ1) is 23.9. The maximum atomic E-state index is 12.7. The maximum absolute atomic E-state index is 12.7. The molecule has 0 unspecified atom stereocenters. The lowest BCUT2D eigenvalue weighted by Gasteiger charge is -2.30. The van der Waals surface area contributed by atoms with E-state index in [9.17, 15) is 18.0 Å². The Labute approximate surface area is 189 Å². The fraction of sp³-hybridized carbons (Fsp3) is 0.435. The molecule has 172 valence electrons. The van der Waals surface area contributed by atoms with E-state index in [1.54, 1.807) is 6.07 Å². The number of nitrogens with zero attached hydrogens (tertiary/aromatic N) is 2. The van der Waals surface area contributed by atoms with Crippen LogP contribution in [0, 0.1) is 11.8 Å². The Morgan fingerprint density at radius 2 is 1.91 bits per heavy atom. The van der Waals surface area contributed by atoms with Gasteiger partial charge in [0.05, 0.1) is 0 Å². The number of hydrogen-bond acceptors (Lipinski definition) is 5. The minimum absolute atomic E-state index is 0.0332. The molecule has 0 spiro atoms. The highest BCUT2D eigenvalue weighted by atomic mass is 32.2. The zero-order valence-corrected chi connectivity index (χ0v) is 19.3. The van der Waals surface area contributed by atoms with Gasteiger partial charge in [-0.25, -0.2) is 8.42 Å². The summed E-state index contributed by atoms with van der Waals surface area (Å²) in [6, 6.07) is 10.5. The van der Waals surface area contributed by atoms with Gasteiger partial charge in [0.1, 0.15) is 4.90 Å². The van der Waals surface area contributed by atoms with Crippen LogP contribution in [0.1, 0.15) is 38.7 Å².